The fourth-order valence-electron chi connectivity index (χ4n) is 3.75. The number of para-hydroxylation sites is 1. The third-order valence-electron chi connectivity index (χ3n) is 5.15. The summed E-state index contributed by atoms with van der Waals surface area (Å²) in [5.74, 6) is 0.324. The van der Waals surface area contributed by atoms with E-state index in [9.17, 15) is 9.59 Å². The summed E-state index contributed by atoms with van der Waals surface area (Å²) in [7, 11) is 0. The first kappa shape index (κ1) is 18.2. The predicted molar refractivity (Wildman–Crippen MR) is 111 cm³/mol. The lowest BCUT2D eigenvalue weighted by Gasteiger charge is -2.20. The van der Waals surface area contributed by atoms with Crippen LogP contribution in [-0.2, 0) is 17.6 Å². The van der Waals surface area contributed by atoms with Crippen LogP contribution in [0.1, 0.15) is 31.2 Å². The number of benzene rings is 2. The molecule has 2 aromatic carbocycles. The topological polar surface area (TPSA) is 67.2 Å². The average molecular weight is 376 g/mol. The van der Waals surface area contributed by atoms with Crippen molar-refractivity contribution >= 4 is 22.5 Å². The number of nitrogens with zero attached hydrogens (tertiary/aromatic N) is 3. The van der Waals surface area contributed by atoms with Gasteiger partial charge in [0.05, 0.1) is 17.5 Å². The zero-order chi connectivity index (χ0) is 19.5. The number of carbonyl (C=O) groups is 1. The van der Waals surface area contributed by atoms with E-state index in [-0.39, 0.29) is 17.9 Å². The summed E-state index contributed by atoms with van der Waals surface area (Å²) < 4.78 is 1.31. The Morgan fingerprint density at radius 2 is 1.82 bits per heavy atom. The normalized spacial score (nSPS) is 13.8. The van der Waals surface area contributed by atoms with Gasteiger partial charge < -0.3 is 4.90 Å². The Kier molecular flexibility index (Phi) is 5.10. The second-order valence-corrected chi connectivity index (χ2v) is 7.09. The van der Waals surface area contributed by atoms with Crippen LogP contribution in [-0.4, -0.2) is 28.7 Å². The Bertz CT molecular complexity index is 1050. The average Bonchev–Trinajstić information content (AvgIpc) is 3.25. The summed E-state index contributed by atoms with van der Waals surface area (Å²) in [5, 5.41) is 0.529. The molecule has 2 heterocycles. The monoisotopic (exact) mass is 376 g/mol. The number of fused-ring (bicyclic) bond motifs is 1. The first-order chi connectivity index (χ1) is 13.7. The quantitative estimate of drug-likeness (QED) is 0.744. The van der Waals surface area contributed by atoms with Crippen LogP contribution in [0.3, 0.4) is 0 Å². The van der Waals surface area contributed by atoms with Crippen molar-refractivity contribution in [3.05, 3.63) is 70.3 Å². The molecule has 1 aliphatic heterocycles. The summed E-state index contributed by atoms with van der Waals surface area (Å²) >= 11 is 0. The molecule has 6 nitrogen and oxygen atoms in total. The molecule has 0 unspecified atom stereocenters. The number of hydrogen-bond donors (Lipinski definition) is 1. The molecule has 1 amide bonds. The minimum Gasteiger partial charge on any atom is -0.370 e. The van der Waals surface area contributed by atoms with Crippen molar-refractivity contribution in [3.8, 4) is 0 Å². The molecule has 144 valence electrons. The zero-order valence-corrected chi connectivity index (χ0v) is 16.0. The highest BCUT2D eigenvalue weighted by molar-refractivity contribution is 5.91. The van der Waals surface area contributed by atoms with Crippen molar-refractivity contribution < 1.29 is 4.79 Å². The lowest BCUT2D eigenvalue weighted by molar-refractivity contribution is -0.116. The molecular weight excluding hydrogens is 352 g/mol. The van der Waals surface area contributed by atoms with Crippen molar-refractivity contribution in [2.75, 3.05) is 23.4 Å². The van der Waals surface area contributed by atoms with E-state index in [4.69, 9.17) is 4.98 Å². The van der Waals surface area contributed by atoms with Crippen molar-refractivity contribution in [2.45, 2.75) is 32.6 Å². The molecule has 0 bridgehead atoms. The van der Waals surface area contributed by atoms with Gasteiger partial charge in [0.2, 0.25) is 5.91 Å². The van der Waals surface area contributed by atoms with Crippen LogP contribution in [0.4, 0.5) is 5.69 Å². The SMILES string of the molecule is CCc1nc2c(N3CCCC3)cccc2c(=O)n1NC(=O)Cc1ccccc1. The zero-order valence-electron chi connectivity index (χ0n) is 16.0. The molecule has 28 heavy (non-hydrogen) atoms. The van der Waals surface area contributed by atoms with Gasteiger partial charge in [0, 0.05) is 19.5 Å². The van der Waals surface area contributed by atoms with Gasteiger partial charge in [0.25, 0.3) is 5.56 Å². The van der Waals surface area contributed by atoms with Crippen LogP contribution < -0.4 is 15.9 Å². The lowest BCUT2D eigenvalue weighted by atomic mass is 10.1. The molecule has 4 rings (SSSR count). The van der Waals surface area contributed by atoms with Gasteiger partial charge >= 0.3 is 0 Å². The minimum atomic E-state index is -0.236. The van der Waals surface area contributed by atoms with Gasteiger partial charge in [0.1, 0.15) is 11.3 Å². The van der Waals surface area contributed by atoms with E-state index in [1.54, 1.807) is 6.07 Å². The first-order valence-corrected chi connectivity index (χ1v) is 9.80. The maximum absolute atomic E-state index is 13.2. The summed E-state index contributed by atoms with van der Waals surface area (Å²) in [6.07, 6.45) is 3.07. The van der Waals surface area contributed by atoms with Gasteiger partial charge in [-0.2, -0.15) is 0 Å². The molecule has 0 saturated carbocycles. The third-order valence-corrected chi connectivity index (χ3v) is 5.15. The second kappa shape index (κ2) is 7.84. The molecule has 3 aromatic rings. The van der Waals surface area contributed by atoms with Gasteiger partial charge in [-0.05, 0) is 30.5 Å². The number of aryl methyl sites for hydroxylation is 1. The molecule has 1 fully saturated rings. The Morgan fingerprint density at radius 3 is 2.54 bits per heavy atom. The van der Waals surface area contributed by atoms with Crippen molar-refractivity contribution in [1.82, 2.24) is 9.66 Å². The number of hydrogen-bond acceptors (Lipinski definition) is 4. The van der Waals surface area contributed by atoms with E-state index in [0.29, 0.717) is 17.6 Å². The number of rotatable bonds is 5. The summed E-state index contributed by atoms with van der Waals surface area (Å²) in [5.41, 5.74) is 5.14. The first-order valence-electron chi connectivity index (χ1n) is 9.80. The number of amides is 1. The number of aromatic nitrogens is 2. The smallest absolute Gasteiger partial charge is 0.280 e. The van der Waals surface area contributed by atoms with E-state index < -0.39 is 0 Å². The Hall–Kier alpha value is -3.15. The van der Waals surface area contributed by atoms with Gasteiger partial charge in [-0.25, -0.2) is 9.66 Å². The highest BCUT2D eigenvalue weighted by Gasteiger charge is 2.19. The van der Waals surface area contributed by atoms with Gasteiger partial charge in [-0.1, -0.05) is 43.3 Å². The molecular formula is C22H24N4O2. The van der Waals surface area contributed by atoms with E-state index in [1.165, 1.54) is 4.68 Å². The number of nitrogens with one attached hydrogen (secondary N) is 1. The van der Waals surface area contributed by atoms with Crippen LogP contribution in [0.5, 0.6) is 0 Å². The Balaban J connectivity index is 1.71. The Labute approximate surface area is 163 Å². The van der Waals surface area contributed by atoms with Crippen LogP contribution in [0.2, 0.25) is 0 Å². The summed E-state index contributed by atoms with van der Waals surface area (Å²) in [4.78, 5) is 32.7. The van der Waals surface area contributed by atoms with Crippen LogP contribution in [0.25, 0.3) is 10.9 Å². The maximum Gasteiger partial charge on any atom is 0.280 e. The third kappa shape index (κ3) is 3.50. The van der Waals surface area contributed by atoms with Crippen molar-refractivity contribution in [1.29, 1.82) is 0 Å². The molecule has 0 atom stereocenters. The number of anilines is 1. The molecule has 1 saturated heterocycles. The van der Waals surface area contributed by atoms with E-state index in [2.05, 4.69) is 10.3 Å². The van der Waals surface area contributed by atoms with Crippen molar-refractivity contribution in [2.24, 2.45) is 0 Å². The van der Waals surface area contributed by atoms with Gasteiger partial charge in [-0.3, -0.25) is 15.0 Å². The second-order valence-electron chi connectivity index (χ2n) is 7.09. The molecule has 6 heteroatoms. The molecule has 0 aliphatic carbocycles. The summed E-state index contributed by atoms with van der Waals surface area (Å²) in [6.45, 7) is 3.91. The molecule has 0 radical (unpaired) electrons. The molecule has 1 aromatic heterocycles. The maximum atomic E-state index is 13.2. The largest absolute Gasteiger partial charge is 0.370 e. The number of carbonyl (C=O) groups excluding carboxylic acids is 1. The lowest BCUT2D eigenvalue weighted by Crippen LogP contribution is -2.37. The van der Waals surface area contributed by atoms with Crippen LogP contribution >= 0.6 is 0 Å². The van der Waals surface area contributed by atoms with E-state index >= 15 is 0 Å². The van der Waals surface area contributed by atoms with E-state index in [0.717, 1.165) is 42.7 Å². The molecule has 1 N–H and O–H groups in total. The molecule has 0 spiro atoms. The highest BCUT2D eigenvalue weighted by atomic mass is 16.2. The standard InChI is InChI=1S/C22H24N4O2/c1-2-19-23-21-17(11-8-12-18(21)25-13-6-7-14-25)22(28)26(19)24-20(27)15-16-9-4-3-5-10-16/h3-5,8-12H,2,6-7,13-15H2,1H3,(H,24,27). The predicted octanol–water partition coefficient (Wildman–Crippen LogP) is 2.87. The van der Waals surface area contributed by atoms with Crippen LogP contribution in [0.15, 0.2) is 53.3 Å². The van der Waals surface area contributed by atoms with Crippen molar-refractivity contribution in [3.63, 3.8) is 0 Å². The fourth-order valence-corrected chi connectivity index (χ4v) is 3.75. The van der Waals surface area contributed by atoms with E-state index in [1.807, 2.05) is 49.4 Å². The molecule has 1 aliphatic rings. The van der Waals surface area contributed by atoms with Crippen LogP contribution in [0, 0.1) is 0 Å². The van der Waals surface area contributed by atoms with Gasteiger partial charge in [-0.15, -0.1) is 0 Å². The highest BCUT2D eigenvalue weighted by Crippen LogP contribution is 2.26. The van der Waals surface area contributed by atoms with Gasteiger partial charge in [0.15, 0.2) is 0 Å². The Morgan fingerprint density at radius 1 is 1.07 bits per heavy atom. The fraction of sp³-hybridized carbons (Fsp3) is 0.318. The summed E-state index contributed by atoms with van der Waals surface area (Å²) in [6, 6.07) is 15.2. The minimum absolute atomic E-state index is 0.211.